The molecule has 0 radical (unpaired) electrons. The van der Waals surface area contributed by atoms with Crippen LogP contribution in [-0.2, 0) is 19.1 Å². The lowest BCUT2D eigenvalue weighted by Gasteiger charge is -2.21. The van der Waals surface area contributed by atoms with Crippen LogP contribution in [0.5, 0.6) is 5.75 Å². The molecule has 1 heterocycles. The first-order valence-corrected chi connectivity index (χ1v) is 9.14. The molecular formula is C20H25N3O6. The molecule has 2 atom stereocenters. The zero-order chi connectivity index (χ0) is 21.4. The molecule has 0 unspecified atom stereocenters. The highest BCUT2D eigenvalue weighted by Crippen LogP contribution is 2.20. The second kappa shape index (κ2) is 10.3. The molecule has 29 heavy (non-hydrogen) atoms. The summed E-state index contributed by atoms with van der Waals surface area (Å²) in [7, 11) is 2.65. The maximum atomic E-state index is 12.4. The normalized spacial score (nSPS) is 12.6. The van der Waals surface area contributed by atoms with E-state index in [1.807, 2.05) is 44.2 Å². The standard InChI is InChI=1S/C20H25N3O6/c1-5-13(2)17(19(25)28-4)21-16(24)12-29-20(26)18-15(27-3)11-23(22-18)14-9-7-6-8-10-14/h6-11,13,17H,5,12H2,1-4H3,(H,21,24)/t13-,17-/m1/s1. The Bertz CT molecular complexity index is 849. The van der Waals surface area contributed by atoms with Gasteiger partial charge in [0.1, 0.15) is 6.04 Å². The molecule has 156 valence electrons. The molecule has 0 aliphatic rings. The lowest BCUT2D eigenvalue weighted by atomic mass is 9.99. The van der Waals surface area contributed by atoms with Gasteiger partial charge in [0.2, 0.25) is 5.69 Å². The molecule has 0 spiro atoms. The number of benzene rings is 1. The van der Waals surface area contributed by atoms with Gasteiger partial charge in [-0.2, -0.15) is 5.10 Å². The van der Waals surface area contributed by atoms with Crippen molar-refractivity contribution in [2.24, 2.45) is 5.92 Å². The quantitative estimate of drug-likeness (QED) is 0.635. The van der Waals surface area contributed by atoms with E-state index in [4.69, 9.17) is 14.2 Å². The molecule has 9 heteroatoms. The third kappa shape index (κ3) is 5.56. The summed E-state index contributed by atoms with van der Waals surface area (Å²) in [6.45, 7) is 3.14. The van der Waals surface area contributed by atoms with Gasteiger partial charge in [-0.05, 0) is 18.1 Å². The number of nitrogens with zero attached hydrogens (tertiary/aromatic N) is 2. The first kappa shape index (κ1) is 21.9. The number of nitrogens with one attached hydrogen (secondary N) is 1. The Morgan fingerprint density at radius 2 is 1.86 bits per heavy atom. The maximum absolute atomic E-state index is 12.4. The Kier molecular flexibility index (Phi) is 7.76. The van der Waals surface area contributed by atoms with Crippen LogP contribution in [-0.4, -0.2) is 54.5 Å². The number of esters is 2. The van der Waals surface area contributed by atoms with E-state index in [1.165, 1.54) is 18.9 Å². The number of aromatic nitrogens is 2. The molecule has 0 saturated carbocycles. The lowest BCUT2D eigenvalue weighted by molar-refractivity contribution is -0.147. The number of ether oxygens (including phenoxy) is 3. The van der Waals surface area contributed by atoms with Crippen molar-refractivity contribution in [3.63, 3.8) is 0 Å². The van der Waals surface area contributed by atoms with Crippen LogP contribution in [0.4, 0.5) is 0 Å². The third-order valence-electron chi connectivity index (χ3n) is 4.43. The maximum Gasteiger partial charge on any atom is 0.363 e. The number of carbonyl (C=O) groups is 3. The largest absolute Gasteiger partial charge is 0.493 e. The predicted molar refractivity (Wildman–Crippen MR) is 104 cm³/mol. The minimum Gasteiger partial charge on any atom is -0.493 e. The van der Waals surface area contributed by atoms with E-state index in [1.54, 1.807) is 6.20 Å². The van der Waals surface area contributed by atoms with E-state index in [2.05, 4.69) is 10.4 Å². The molecule has 1 aromatic heterocycles. The van der Waals surface area contributed by atoms with E-state index >= 15 is 0 Å². The van der Waals surface area contributed by atoms with E-state index in [9.17, 15) is 14.4 Å². The minimum atomic E-state index is -0.817. The second-order valence-electron chi connectivity index (χ2n) is 6.36. The molecular weight excluding hydrogens is 378 g/mol. The number of carbonyl (C=O) groups excluding carboxylic acids is 3. The van der Waals surface area contributed by atoms with Crippen molar-refractivity contribution < 1.29 is 28.6 Å². The van der Waals surface area contributed by atoms with Crippen LogP contribution in [0.15, 0.2) is 36.5 Å². The molecule has 2 rings (SSSR count). The topological polar surface area (TPSA) is 109 Å². The number of methoxy groups -OCH3 is 2. The smallest absolute Gasteiger partial charge is 0.363 e. The summed E-state index contributed by atoms with van der Waals surface area (Å²) in [5.41, 5.74) is 0.674. The van der Waals surface area contributed by atoms with Crippen LogP contribution in [0.1, 0.15) is 30.8 Å². The first-order valence-electron chi connectivity index (χ1n) is 9.14. The predicted octanol–water partition coefficient (Wildman–Crippen LogP) is 1.74. The van der Waals surface area contributed by atoms with Gasteiger partial charge in [0.15, 0.2) is 12.4 Å². The van der Waals surface area contributed by atoms with E-state index in [0.717, 1.165) is 5.69 Å². The summed E-state index contributed by atoms with van der Waals surface area (Å²) in [5, 5.41) is 6.72. The fourth-order valence-electron chi connectivity index (χ4n) is 2.57. The van der Waals surface area contributed by atoms with Gasteiger partial charge in [0.25, 0.3) is 5.91 Å². The number of rotatable bonds is 9. The first-order chi connectivity index (χ1) is 13.9. The van der Waals surface area contributed by atoms with Crippen LogP contribution < -0.4 is 10.1 Å². The van der Waals surface area contributed by atoms with Crippen LogP contribution in [0.3, 0.4) is 0 Å². The average Bonchev–Trinajstić information content (AvgIpc) is 3.20. The van der Waals surface area contributed by atoms with Gasteiger partial charge in [0.05, 0.1) is 26.1 Å². The number of amides is 1. The summed E-state index contributed by atoms with van der Waals surface area (Å²) < 4.78 is 16.4. The van der Waals surface area contributed by atoms with Crippen LogP contribution in [0.25, 0.3) is 5.69 Å². The van der Waals surface area contributed by atoms with Crippen molar-refractivity contribution in [2.75, 3.05) is 20.8 Å². The van der Waals surface area contributed by atoms with Crippen molar-refractivity contribution in [1.82, 2.24) is 15.1 Å². The van der Waals surface area contributed by atoms with E-state index in [-0.39, 0.29) is 17.4 Å². The Hall–Kier alpha value is -3.36. The molecule has 0 fully saturated rings. The number of hydrogen-bond donors (Lipinski definition) is 1. The Morgan fingerprint density at radius 3 is 2.45 bits per heavy atom. The van der Waals surface area contributed by atoms with Gasteiger partial charge in [-0.25, -0.2) is 14.3 Å². The molecule has 0 bridgehead atoms. The number of para-hydroxylation sites is 1. The Morgan fingerprint density at radius 1 is 1.17 bits per heavy atom. The van der Waals surface area contributed by atoms with Crippen LogP contribution >= 0.6 is 0 Å². The van der Waals surface area contributed by atoms with Crippen molar-refractivity contribution in [1.29, 1.82) is 0 Å². The van der Waals surface area contributed by atoms with Crippen molar-refractivity contribution in [3.05, 3.63) is 42.2 Å². The van der Waals surface area contributed by atoms with Gasteiger partial charge < -0.3 is 19.5 Å². The van der Waals surface area contributed by atoms with Crippen molar-refractivity contribution in [2.45, 2.75) is 26.3 Å². The highest BCUT2D eigenvalue weighted by Gasteiger charge is 2.27. The molecule has 1 aromatic carbocycles. The zero-order valence-corrected chi connectivity index (χ0v) is 16.9. The summed E-state index contributed by atoms with van der Waals surface area (Å²) in [6, 6.07) is 8.34. The molecule has 2 aromatic rings. The van der Waals surface area contributed by atoms with Gasteiger partial charge >= 0.3 is 11.9 Å². The second-order valence-corrected chi connectivity index (χ2v) is 6.36. The Balaban J connectivity index is 2.04. The fraction of sp³-hybridized carbons (Fsp3) is 0.400. The molecule has 0 saturated heterocycles. The third-order valence-corrected chi connectivity index (χ3v) is 4.43. The van der Waals surface area contributed by atoms with Crippen LogP contribution in [0.2, 0.25) is 0 Å². The van der Waals surface area contributed by atoms with Crippen molar-refractivity contribution in [3.8, 4) is 11.4 Å². The lowest BCUT2D eigenvalue weighted by Crippen LogP contribution is -2.47. The minimum absolute atomic E-state index is 0.0596. The van der Waals surface area contributed by atoms with Crippen LogP contribution in [0, 0.1) is 5.92 Å². The molecule has 1 N–H and O–H groups in total. The summed E-state index contributed by atoms with van der Waals surface area (Å²) in [6.07, 6.45) is 2.20. The molecule has 1 amide bonds. The monoisotopic (exact) mass is 403 g/mol. The van der Waals surface area contributed by atoms with Gasteiger partial charge in [-0.3, -0.25) is 4.79 Å². The molecule has 0 aliphatic carbocycles. The number of hydrogen-bond acceptors (Lipinski definition) is 7. The van der Waals surface area contributed by atoms with Gasteiger partial charge in [0, 0.05) is 0 Å². The summed E-state index contributed by atoms with van der Waals surface area (Å²) in [4.78, 5) is 36.4. The highest BCUT2D eigenvalue weighted by molar-refractivity contribution is 5.92. The molecule has 9 nitrogen and oxygen atoms in total. The van der Waals surface area contributed by atoms with Gasteiger partial charge in [-0.1, -0.05) is 38.5 Å². The van der Waals surface area contributed by atoms with E-state index in [0.29, 0.717) is 6.42 Å². The SMILES string of the molecule is CC[C@@H](C)[C@@H](NC(=O)COC(=O)c1nn(-c2ccccc2)cc1OC)C(=O)OC. The summed E-state index contributed by atoms with van der Waals surface area (Å²) >= 11 is 0. The van der Waals surface area contributed by atoms with E-state index < -0.39 is 30.5 Å². The summed E-state index contributed by atoms with van der Waals surface area (Å²) in [5.74, 6) is -1.90. The van der Waals surface area contributed by atoms with Gasteiger partial charge in [-0.15, -0.1) is 0 Å². The highest BCUT2D eigenvalue weighted by atomic mass is 16.5. The zero-order valence-electron chi connectivity index (χ0n) is 16.9. The Labute approximate surface area is 168 Å². The average molecular weight is 403 g/mol. The van der Waals surface area contributed by atoms with Crippen molar-refractivity contribution >= 4 is 17.8 Å². The molecule has 0 aliphatic heterocycles. The fourth-order valence-corrected chi connectivity index (χ4v) is 2.57.